The molecule has 10 aromatic rings. The van der Waals surface area contributed by atoms with Crippen molar-refractivity contribution in [1.82, 2.24) is 0 Å². The van der Waals surface area contributed by atoms with E-state index in [1.165, 1.54) is 32.7 Å². The van der Waals surface area contributed by atoms with E-state index in [0.717, 1.165) is 96.5 Å². The monoisotopic (exact) mass is 1320 g/mol. The normalized spacial score (nSPS) is 16.2. The lowest BCUT2D eigenvalue weighted by Crippen LogP contribution is -2.28. The van der Waals surface area contributed by atoms with Gasteiger partial charge in [-0.15, -0.1) is 11.8 Å². The molecule has 0 fully saturated rings. The predicted octanol–water partition coefficient (Wildman–Crippen LogP) is 21.2. The molecule has 2 aliphatic rings. The predicted molar refractivity (Wildman–Crippen MR) is 410 cm³/mol. The van der Waals surface area contributed by atoms with Gasteiger partial charge in [0.05, 0.1) is 24.8 Å². The lowest BCUT2D eigenvalue weighted by molar-refractivity contribution is -0.144. The molecule has 0 saturated carbocycles. The fourth-order valence-electron chi connectivity index (χ4n) is 13.9. The van der Waals surface area contributed by atoms with Crippen LogP contribution in [0.3, 0.4) is 0 Å². The van der Waals surface area contributed by atoms with Crippen LogP contribution in [-0.2, 0) is 42.2 Å². The molecule has 0 spiro atoms. The molecule has 1 aliphatic carbocycles. The highest BCUT2D eigenvalue weighted by atomic mass is 32.2. The first-order valence-electron chi connectivity index (χ1n) is 34.1. The molecular formula is C88H83N5O5S. The van der Waals surface area contributed by atoms with Crippen molar-refractivity contribution in [1.29, 1.82) is 5.26 Å². The van der Waals surface area contributed by atoms with Crippen molar-refractivity contribution in [3.8, 4) is 6.07 Å². The number of likely N-dealkylation sites (N-methyl/N-ethyl adjacent to an activating group) is 1. The summed E-state index contributed by atoms with van der Waals surface area (Å²) in [6.07, 6.45) is 13.9. The van der Waals surface area contributed by atoms with E-state index in [4.69, 9.17) is 20.8 Å². The van der Waals surface area contributed by atoms with E-state index in [2.05, 4.69) is 247 Å². The molecule has 1 aliphatic heterocycles. The second-order valence-corrected chi connectivity index (χ2v) is 27.6. The van der Waals surface area contributed by atoms with Crippen molar-refractivity contribution in [3.63, 3.8) is 0 Å². The number of hydrogen-bond donors (Lipinski definition) is 0. The van der Waals surface area contributed by atoms with Gasteiger partial charge in [-0.3, -0.25) is 9.59 Å². The first kappa shape index (κ1) is 68.1. The number of thioether (sulfide) groups is 1. The highest BCUT2D eigenvalue weighted by molar-refractivity contribution is 8.03. The van der Waals surface area contributed by atoms with E-state index in [0.29, 0.717) is 54.2 Å². The van der Waals surface area contributed by atoms with E-state index >= 15 is 0 Å². The number of carbonyl (C=O) groups excluding carboxylic acids is 2. The van der Waals surface area contributed by atoms with Gasteiger partial charge in [0.2, 0.25) is 5.70 Å². The first-order chi connectivity index (χ1) is 48.1. The Labute approximate surface area is 586 Å². The Bertz CT molecular complexity index is 4820. The Hall–Kier alpha value is -10.9. The molecule has 99 heavy (non-hydrogen) atoms. The summed E-state index contributed by atoms with van der Waals surface area (Å²) in [5, 5.41) is 19.3. The molecule has 12 rings (SSSR count). The molecule has 1 heterocycles. The molecule has 1 unspecified atom stereocenters. The number of fused-ring (bicyclic) bond motifs is 4. The number of nitriles is 1. The maximum absolute atomic E-state index is 13.7. The third-order valence-corrected chi connectivity index (χ3v) is 20.1. The highest BCUT2D eigenvalue weighted by Gasteiger charge is 2.43. The van der Waals surface area contributed by atoms with Crippen molar-refractivity contribution in [2.45, 2.75) is 78.7 Å². The number of rotatable bonds is 24. The van der Waals surface area contributed by atoms with Crippen LogP contribution in [0.15, 0.2) is 275 Å². The van der Waals surface area contributed by atoms with E-state index in [9.17, 15) is 14.9 Å². The molecule has 0 saturated heterocycles. The van der Waals surface area contributed by atoms with Gasteiger partial charge in [0.1, 0.15) is 24.6 Å². The van der Waals surface area contributed by atoms with Crippen LogP contribution in [0.5, 0.6) is 0 Å². The van der Waals surface area contributed by atoms with Gasteiger partial charge in [-0.25, -0.2) is 4.85 Å². The number of ether oxygens (including phenoxy) is 3. The highest BCUT2D eigenvalue weighted by Crippen LogP contribution is 2.50. The smallest absolute Gasteiger partial charge is 0.306 e. The average molecular weight is 1320 g/mol. The van der Waals surface area contributed by atoms with E-state index in [1.54, 1.807) is 18.7 Å². The van der Waals surface area contributed by atoms with Gasteiger partial charge in [0, 0.05) is 78.1 Å². The van der Waals surface area contributed by atoms with Gasteiger partial charge in [-0.05, 0) is 201 Å². The Balaban J connectivity index is 0.788. The molecule has 0 amide bonds. The van der Waals surface area contributed by atoms with Crippen LogP contribution in [0, 0.1) is 23.3 Å². The molecular weight excluding hydrogens is 1240 g/mol. The quantitative estimate of drug-likeness (QED) is 0.0191. The van der Waals surface area contributed by atoms with Crippen LogP contribution in [0.4, 0.5) is 28.4 Å². The van der Waals surface area contributed by atoms with Crippen molar-refractivity contribution in [2.24, 2.45) is 5.41 Å². The Morgan fingerprint density at radius 1 is 0.616 bits per heavy atom. The van der Waals surface area contributed by atoms with Crippen LogP contribution in [-0.4, -0.2) is 58.1 Å². The summed E-state index contributed by atoms with van der Waals surface area (Å²) in [4.78, 5) is 38.7. The summed E-state index contributed by atoms with van der Waals surface area (Å²) in [6, 6.07) is 75.9. The lowest BCUT2D eigenvalue weighted by Gasteiger charge is -2.34. The van der Waals surface area contributed by atoms with Gasteiger partial charge in [-0.1, -0.05) is 184 Å². The maximum atomic E-state index is 13.7. The van der Waals surface area contributed by atoms with E-state index in [-0.39, 0.29) is 37.0 Å². The number of esters is 2. The molecule has 0 aromatic heterocycles. The van der Waals surface area contributed by atoms with Crippen LogP contribution in [0.1, 0.15) is 82.6 Å². The summed E-state index contributed by atoms with van der Waals surface area (Å²) in [5.74, 6) is 0.414. The number of nitrogens with zero attached hydrogens (tertiary/aromatic N) is 5. The van der Waals surface area contributed by atoms with Gasteiger partial charge < -0.3 is 28.9 Å². The van der Waals surface area contributed by atoms with Crippen molar-refractivity contribution in [2.75, 3.05) is 60.9 Å². The topological polar surface area (TPSA) is 99.7 Å². The number of aryl methyl sites for hydroxylation is 2. The zero-order valence-corrected chi connectivity index (χ0v) is 58.4. The Morgan fingerprint density at radius 3 is 1.61 bits per heavy atom. The minimum Gasteiger partial charge on any atom is -0.489 e. The minimum absolute atomic E-state index is 0.115. The number of anilines is 5. The second-order valence-electron chi connectivity index (χ2n) is 26.5. The van der Waals surface area contributed by atoms with Gasteiger partial charge in [-0.2, -0.15) is 5.26 Å². The van der Waals surface area contributed by atoms with E-state index < -0.39 is 5.60 Å². The zero-order valence-electron chi connectivity index (χ0n) is 57.6. The van der Waals surface area contributed by atoms with Crippen LogP contribution in [0.25, 0.3) is 54.0 Å². The molecule has 496 valence electrons. The molecule has 10 aromatic carbocycles. The number of hydrogen-bond acceptors (Lipinski definition) is 10. The Morgan fingerprint density at radius 2 is 1.10 bits per heavy atom. The van der Waals surface area contributed by atoms with Gasteiger partial charge in [0.15, 0.2) is 0 Å². The molecule has 0 bridgehead atoms. The molecule has 0 N–H and O–H groups in total. The summed E-state index contributed by atoms with van der Waals surface area (Å²) >= 11 is 1.70. The third-order valence-electron chi connectivity index (χ3n) is 19.0. The Kier molecular flexibility index (Phi) is 21.1. The van der Waals surface area contributed by atoms with Crippen LogP contribution in [0.2, 0.25) is 0 Å². The molecule has 10 nitrogen and oxygen atoms in total. The number of benzene rings is 10. The summed E-state index contributed by atoms with van der Waals surface area (Å²) in [5.41, 5.74) is 11.9. The average Bonchev–Trinajstić information content (AvgIpc) is 1.69. The van der Waals surface area contributed by atoms with Crippen LogP contribution < -0.4 is 14.7 Å². The maximum Gasteiger partial charge on any atom is 0.306 e. The molecule has 11 heteroatoms. The number of allylic oxidation sites excluding steroid dienone is 6. The van der Waals surface area contributed by atoms with Gasteiger partial charge >= 0.3 is 11.9 Å². The standard InChI is InChI=1S/C88H83N5O5S/c1-9-92(52-53-96-82(94)50-48-79-75-29-17-13-22-63(75)56-64-23-14-18-30-76(64)79)71-42-46-74(47-43-71)93(73-44-40-70(41-45-73)91(7)8)72-38-35-62(36-39-72)34-37-68-59-87(3,4)58-67(26-21-33-81-84(90-6)85(61(2)60-89)98-88(81,5)69-27-11-10-12-28-69)86(68)99-55-54-97-83(95)51-49-80-77-31-19-15-24-65(77)57-66-25-16-20-32-78(66)80/h10-47,56-57H,9,48-55,58-59H2,1-5,7-8H3/b33-21+,37-34+,67-26+,85-61+. The number of carbonyl (C=O) groups is 2. The summed E-state index contributed by atoms with van der Waals surface area (Å²) in [7, 11) is 4.10. The van der Waals surface area contributed by atoms with Crippen molar-refractivity contribution >= 4 is 101 Å². The van der Waals surface area contributed by atoms with E-state index in [1.807, 2.05) is 63.5 Å². The third kappa shape index (κ3) is 15.5. The van der Waals surface area contributed by atoms with Crippen molar-refractivity contribution in [3.05, 3.63) is 309 Å². The van der Waals surface area contributed by atoms with Crippen LogP contribution >= 0.6 is 11.8 Å². The zero-order chi connectivity index (χ0) is 69.0. The first-order valence-corrected chi connectivity index (χ1v) is 35.1. The second kappa shape index (κ2) is 30.7. The molecule has 1 atom stereocenters. The van der Waals surface area contributed by atoms with Gasteiger partial charge in [0.25, 0.3) is 0 Å². The van der Waals surface area contributed by atoms with Crippen molar-refractivity contribution < 1.29 is 23.8 Å². The summed E-state index contributed by atoms with van der Waals surface area (Å²) < 4.78 is 18.6. The molecule has 0 radical (unpaired) electrons. The lowest BCUT2D eigenvalue weighted by atomic mass is 9.74. The fourth-order valence-corrected chi connectivity index (χ4v) is 15.0. The summed E-state index contributed by atoms with van der Waals surface area (Å²) in [6.45, 7) is 20.5. The fraction of sp³-hybridized carbons (Fsp3) is 0.227. The SMILES string of the molecule is [C-]#[N+]C1=C(/C=C/C=C2\CC(C)(C)CC(/C=C/c3ccc(N(c4ccc(N(C)C)cc4)c4ccc(N(CC)CCOC(=O)CCc5c6ccccc6cc6ccccc56)cc4)cc3)=C2SCCOC(=O)CCc2c3ccccc3cc3ccccc23)C(C)(c2ccccc2)O/C1=C(\C)C#N. The largest absolute Gasteiger partial charge is 0.489 e. The minimum atomic E-state index is -1.01.